The number of nitrogens with one attached hydrogen (secondary N) is 3. The Hall–Kier alpha value is -2.70. The molecule has 45 heavy (non-hydrogen) atoms. The van der Waals surface area contributed by atoms with Crippen molar-refractivity contribution in [2.24, 2.45) is 52.1 Å². The SMILES string of the molecule is CC(C)[C@@H](CS(=O)(=O)C(C)(C)C)NC(=O)N[C@H](C(=O)N1CC2C([C@H]1C(=O)NC(C(=O)C(N)=O)C1C3CCC31)C2(C)C)C(C)(C)C. The smallest absolute Gasteiger partial charge is 0.315 e. The number of rotatable bonds is 11. The van der Waals surface area contributed by atoms with E-state index < -0.39 is 73.7 Å². The van der Waals surface area contributed by atoms with Gasteiger partial charge in [-0.25, -0.2) is 13.2 Å². The number of amides is 5. The monoisotopic (exact) mass is 651 g/mol. The van der Waals surface area contributed by atoms with Gasteiger partial charge in [0.15, 0.2) is 9.84 Å². The third kappa shape index (κ3) is 6.60. The second-order valence-electron chi connectivity index (χ2n) is 16.7. The third-order valence-corrected chi connectivity index (χ3v) is 13.7. The molecule has 5 unspecified atom stereocenters. The minimum absolute atomic E-state index is 0.0574. The molecule has 0 bridgehead atoms. The molecule has 1 saturated heterocycles. The molecule has 5 N–H and O–H groups in total. The summed E-state index contributed by atoms with van der Waals surface area (Å²) < 4.78 is 24.8. The highest BCUT2D eigenvalue weighted by atomic mass is 32.2. The van der Waals surface area contributed by atoms with Crippen LogP contribution in [-0.2, 0) is 29.0 Å². The Morgan fingerprint density at radius 1 is 0.933 bits per heavy atom. The Kier molecular flexibility index (Phi) is 9.00. The standard InChI is InChI=1S/C32H53N5O7S/c1-15(2)19(14-45(43,44)31(6,7)8)34-29(42)36-25(30(3,4)5)28(41)37-13-18-21(32(18,9)10)23(37)27(40)35-22(24(38)26(33)39)20-16-11-12-17(16)20/h15-23,25H,11-14H2,1-10H3,(H2,33,39)(H,35,40)(H2,34,36,42)/t16?,17?,18?,19-,20?,21?,22?,23+,25-/m1/s1. The van der Waals surface area contributed by atoms with E-state index in [0.29, 0.717) is 18.4 Å². The van der Waals surface area contributed by atoms with Crippen LogP contribution in [0.3, 0.4) is 0 Å². The summed E-state index contributed by atoms with van der Waals surface area (Å²) in [6.45, 7) is 18.3. The molecule has 0 spiro atoms. The molecule has 5 amide bonds. The number of likely N-dealkylation sites (tertiary alicyclic amines) is 1. The maximum atomic E-state index is 14.3. The van der Waals surface area contributed by atoms with Crippen molar-refractivity contribution in [3.8, 4) is 0 Å². The van der Waals surface area contributed by atoms with E-state index in [1.807, 2.05) is 27.7 Å². The van der Waals surface area contributed by atoms with Crippen LogP contribution >= 0.6 is 0 Å². The number of hydrogen-bond donors (Lipinski definition) is 4. The molecule has 4 aliphatic rings. The predicted molar refractivity (Wildman–Crippen MR) is 169 cm³/mol. The van der Waals surface area contributed by atoms with Crippen LogP contribution in [0.4, 0.5) is 4.79 Å². The zero-order valence-electron chi connectivity index (χ0n) is 28.4. The molecule has 3 saturated carbocycles. The van der Waals surface area contributed by atoms with Crippen LogP contribution < -0.4 is 21.7 Å². The van der Waals surface area contributed by atoms with Gasteiger partial charge in [0.1, 0.15) is 18.1 Å². The molecule has 12 nitrogen and oxygen atoms in total. The first-order chi connectivity index (χ1) is 20.4. The molecular formula is C32H53N5O7S. The van der Waals surface area contributed by atoms with E-state index in [2.05, 4.69) is 16.0 Å². The summed E-state index contributed by atoms with van der Waals surface area (Å²) in [5, 5.41) is 8.41. The Bertz CT molecular complexity index is 1350. The normalized spacial score (nSPS) is 30.2. The first-order valence-corrected chi connectivity index (χ1v) is 17.8. The number of piperidine rings is 1. The number of fused-ring (bicyclic) bond motifs is 2. The van der Waals surface area contributed by atoms with Crippen LogP contribution in [0.25, 0.3) is 0 Å². The number of ketones is 1. The molecule has 4 rings (SSSR count). The Balaban J connectivity index is 1.53. The fraction of sp³-hybridized carbons (Fsp3) is 0.844. The summed E-state index contributed by atoms with van der Waals surface area (Å²) in [5.74, 6) is -2.90. The lowest BCUT2D eigenvalue weighted by Crippen LogP contribution is -2.62. The van der Waals surface area contributed by atoms with E-state index in [1.165, 1.54) is 4.90 Å². The number of primary amides is 1. The molecule has 4 fully saturated rings. The fourth-order valence-corrected chi connectivity index (χ4v) is 8.93. The molecule has 254 valence electrons. The van der Waals surface area contributed by atoms with Gasteiger partial charge in [-0.1, -0.05) is 48.5 Å². The van der Waals surface area contributed by atoms with Crippen molar-refractivity contribution in [1.29, 1.82) is 0 Å². The van der Waals surface area contributed by atoms with Crippen molar-refractivity contribution in [1.82, 2.24) is 20.9 Å². The van der Waals surface area contributed by atoms with E-state index in [0.717, 1.165) is 12.8 Å². The zero-order chi connectivity index (χ0) is 34.2. The van der Waals surface area contributed by atoms with Gasteiger partial charge in [0.25, 0.3) is 5.91 Å². The van der Waals surface area contributed by atoms with Gasteiger partial charge in [-0.05, 0) is 80.0 Å². The number of nitrogens with zero attached hydrogens (tertiary/aromatic N) is 1. The third-order valence-electron chi connectivity index (χ3n) is 11.0. The summed E-state index contributed by atoms with van der Waals surface area (Å²) in [6, 6.07) is -4.30. The van der Waals surface area contributed by atoms with Crippen LogP contribution in [0, 0.1) is 46.3 Å². The largest absolute Gasteiger partial charge is 0.363 e. The highest BCUT2D eigenvalue weighted by Crippen LogP contribution is 2.65. The van der Waals surface area contributed by atoms with Gasteiger partial charge in [-0.3, -0.25) is 19.2 Å². The molecule has 0 aromatic heterocycles. The van der Waals surface area contributed by atoms with E-state index in [9.17, 15) is 32.4 Å². The average molecular weight is 652 g/mol. The maximum absolute atomic E-state index is 14.3. The molecular weight excluding hydrogens is 598 g/mol. The lowest BCUT2D eigenvalue weighted by molar-refractivity contribution is -0.145. The summed E-state index contributed by atoms with van der Waals surface area (Å²) in [4.78, 5) is 67.7. The summed E-state index contributed by atoms with van der Waals surface area (Å²) in [7, 11) is -3.54. The molecule has 0 aromatic carbocycles. The first kappa shape index (κ1) is 35.2. The quantitative estimate of drug-likeness (QED) is 0.245. The van der Waals surface area contributed by atoms with Crippen LogP contribution in [-0.4, -0.2) is 84.1 Å². The number of carbonyl (C=O) groups is 5. The van der Waals surface area contributed by atoms with E-state index in [1.54, 1.807) is 41.5 Å². The van der Waals surface area contributed by atoms with Crippen LogP contribution in [0.1, 0.15) is 82.1 Å². The molecule has 1 heterocycles. The van der Waals surface area contributed by atoms with Crippen molar-refractivity contribution in [2.75, 3.05) is 12.3 Å². The average Bonchev–Trinajstić information content (AvgIpc) is 3.47. The Labute approximate surface area is 267 Å². The molecule has 13 heteroatoms. The van der Waals surface area contributed by atoms with Crippen molar-refractivity contribution in [2.45, 2.75) is 111 Å². The predicted octanol–water partition coefficient (Wildman–Crippen LogP) is 1.62. The Morgan fingerprint density at radius 3 is 1.93 bits per heavy atom. The lowest BCUT2D eigenvalue weighted by Gasteiger charge is -2.38. The van der Waals surface area contributed by atoms with Gasteiger partial charge < -0.3 is 26.6 Å². The number of Topliss-reactive ketones (excluding diaryl/α,β-unsaturated/α-hetero) is 1. The van der Waals surface area contributed by atoms with Crippen LogP contribution in [0.2, 0.25) is 0 Å². The van der Waals surface area contributed by atoms with E-state index >= 15 is 0 Å². The summed E-state index contributed by atoms with van der Waals surface area (Å²) in [5.41, 5.74) is 4.39. The molecule has 8 atom stereocenters. The number of carbonyl (C=O) groups excluding carboxylic acids is 5. The van der Waals surface area contributed by atoms with Crippen molar-refractivity contribution < 1.29 is 32.4 Å². The van der Waals surface area contributed by atoms with Gasteiger partial charge in [0.05, 0.1) is 10.5 Å². The summed E-state index contributed by atoms with van der Waals surface area (Å²) in [6.07, 6.45) is 1.89. The minimum atomic E-state index is -3.54. The van der Waals surface area contributed by atoms with E-state index in [4.69, 9.17) is 5.73 Å². The topological polar surface area (TPSA) is 185 Å². The van der Waals surface area contributed by atoms with Gasteiger partial charge in [0.2, 0.25) is 17.6 Å². The maximum Gasteiger partial charge on any atom is 0.315 e. The summed E-state index contributed by atoms with van der Waals surface area (Å²) >= 11 is 0. The number of sulfone groups is 1. The number of urea groups is 1. The van der Waals surface area contributed by atoms with Crippen molar-refractivity contribution in [3.05, 3.63) is 0 Å². The highest BCUT2D eigenvalue weighted by molar-refractivity contribution is 7.92. The number of hydrogen-bond acceptors (Lipinski definition) is 7. The second kappa shape index (κ2) is 11.5. The lowest BCUT2D eigenvalue weighted by atomic mass is 9.85. The van der Waals surface area contributed by atoms with Gasteiger partial charge in [0, 0.05) is 12.6 Å². The van der Waals surface area contributed by atoms with Gasteiger partial charge >= 0.3 is 6.03 Å². The van der Waals surface area contributed by atoms with Crippen LogP contribution in [0.15, 0.2) is 0 Å². The van der Waals surface area contributed by atoms with Gasteiger partial charge in [-0.2, -0.15) is 0 Å². The fourth-order valence-electron chi connectivity index (χ4n) is 7.49. The molecule has 0 aromatic rings. The highest BCUT2D eigenvalue weighted by Gasteiger charge is 2.70. The Morgan fingerprint density at radius 2 is 1.49 bits per heavy atom. The second-order valence-corrected chi connectivity index (χ2v) is 19.5. The van der Waals surface area contributed by atoms with E-state index in [-0.39, 0.29) is 34.8 Å². The van der Waals surface area contributed by atoms with Crippen molar-refractivity contribution >= 4 is 39.4 Å². The van der Waals surface area contributed by atoms with Crippen LogP contribution in [0.5, 0.6) is 0 Å². The minimum Gasteiger partial charge on any atom is -0.363 e. The first-order valence-electron chi connectivity index (χ1n) is 16.2. The molecule has 3 aliphatic carbocycles. The van der Waals surface area contributed by atoms with Gasteiger partial charge in [-0.15, -0.1) is 0 Å². The van der Waals surface area contributed by atoms with Crippen molar-refractivity contribution in [3.63, 3.8) is 0 Å². The number of nitrogens with two attached hydrogens (primary N) is 1. The molecule has 1 aliphatic heterocycles. The molecule has 0 radical (unpaired) electrons. The zero-order valence-corrected chi connectivity index (χ0v) is 29.2.